The molecule has 4 rings (SSSR count). The molecule has 1 aromatic heterocycles. The number of fused-ring (bicyclic) bond motifs is 3. The molecule has 5 heteroatoms. The Morgan fingerprint density at radius 3 is 2.56 bits per heavy atom. The molecule has 0 fully saturated rings. The molecule has 0 bridgehead atoms. The molecular weight excluding hydrogens is 340 g/mol. The number of aryl methyl sites for hydroxylation is 1. The van der Waals surface area contributed by atoms with Crippen LogP contribution in [0.2, 0.25) is 0 Å². The quantitative estimate of drug-likeness (QED) is 0.528. The first-order valence-electron chi connectivity index (χ1n) is 8.74. The summed E-state index contributed by atoms with van der Waals surface area (Å²) in [5.41, 5.74) is 4.11. The number of anilines is 2. The second-order valence-corrected chi connectivity index (χ2v) is 6.36. The van der Waals surface area contributed by atoms with Gasteiger partial charge in [0.1, 0.15) is 16.9 Å². The Kier molecular flexibility index (Phi) is 4.42. The zero-order chi connectivity index (χ0) is 18.8. The van der Waals surface area contributed by atoms with E-state index in [1.807, 2.05) is 67.6 Å². The van der Waals surface area contributed by atoms with Gasteiger partial charge in [0.15, 0.2) is 0 Å². The van der Waals surface area contributed by atoms with Crippen molar-refractivity contribution in [3.05, 3.63) is 66.2 Å². The SMILES string of the molecule is COc1cc2c(cc1NCC(=O)Nc1ccccc1C)oc1ccccc12. The standard InChI is InChI=1S/C22H20N2O3/c1-14-7-3-5-9-17(14)24-22(25)13-23-18-12-20-16(11-21(18)26-2)15-8-4-6-10-19(15)27-20/h3-12,23H,13H2,1-2H3,(H,24,25). The highest BCUT2D eigenvalue weighted by atomic mass is 16.5. The van der Waals surface area contributed by atoms with E-state index in [4.69, 9.17) is 9.15 Å². The maximum absolute atomic E-state index is 12.3. The second kappa shape index (κ2) is 7.03. The molecule has 0 spiro atoms. The van der Waals surface area contributed by atoms with Crippen LogP contribution in [0.1, 0.15) is 5.56 Å². The monoisotopic (exact) mass is 360 g/mol. The lowest BCUT2D eigenvalue weighted by Gasteiger charge is -2.12. The fourth-order valence-corrected chi connectivity index (χ4v) is 3.14. The highest BCUT2D eigenvalue weighted by Crippen LogP contribution is 2.36. The van der Waals surface area contributed by atoms with Gasteiger partial charge < -0.3 is 19.8 Å². The number of carbonyl (C=O) groups excluding carboxylic acids is 1. The van der Waals surface area contributed by atoms with Crippen LogP contribution in [-0.4, -0.2) is 19.6 Å². The maximum Gasteiger partial charge on any atom is 0.243 e. The molecule has 0 aliphatic heterocycles. The number of nitrogens with one attached hydrogen (secondary N) is 2. The first kappa shape index (κ1) is 17.0. The molecule has 0 saturated carbocycles. The van der Waals surface area contributed by atoms with E-state index in [0.29, 0.717) is 11.4 Å². The van der Waals surface area contributed by atoms with Gasteiger partial charge in [0.2, 0.25) is 5.91 Å². The van der Waals surface area contributed by atoms with Gasteiger partial charge in [0.25, 0.3) is 0 Å². The van der Waals surface area contributed by atoms with E-state index in [0.717, 1.165) is 33.2 Å². The highest BCUT2D eigenvalue weighted by molar-refractivity contribution is 6.06. The predicted molar refractivity (Wildman–Crippen MR) is 109 cm³/mol. The van der Waals surface area contributed by atoms with Crippen molar-refractivity contribution in [2.45, 2.75) is 6.92 Å². The topological polar surface area (TPSA) is 63.5 Å². The second-order valence-electron chi connectivity index (χ2n) is 6.36. The normalized spacial score (nSPS) is 10.9. The number of methoxy groups -OCH3 is 1. The highest BCUT2D eigenvalue weighted by Gasteiger charge is 2.13. The summed E-state index contributed by atoms with van der Waals surface area (Å²) in [4.78, 5) is 12.3. The summed E-state index contributed by atoms with van der Waals surface area (Å²) >= 11 is 0. The fraction of sp³-hybridized carbons (Fsp3) is 0.136. The largest absolute Gasteiger partial charge is 0.495 e. The van der Waals surface area contributed by atoms with Gasteiger partial charge in [-0.25, -0.2) is 0 Å². The van der Waals surface area contributed by atoms with Crippen molar-refractivity contribution in [2.75, 3.05) is 24.3 Å². The first-order chi connectivity index (χ1) is 13.2. The smallest absolute Gasteiger partial charge is 0.243 e. The zero-order valence-corrected chi connectivity index (χ0v) is 15.2. The van der Waals surface area contributed by atoms with Gasteiger partial charge in [-0.3, -0.25) is 4.79 Å². The number of amides is 1. The molecule has 136 valence electrons. The molecule has 0 unspecified atom stereocenters. The van der Waals surface area contributed by atoms with Crippen LogP contribution in [0.4, 0.5) is 11.4 Å². The number of hydrogen-bond donors (Lipinski definition) is 2. The predicted octanol–water partition coefficient (Wildman–Crippen LogP) is 4.95. The lowest BCUT2D eigenvalue weighted by molar-refractivity contribution is -0.114. The zero-order valence-electron chi connectivity index (χ0n) is 15.2. The van der Waals surface area contributed by atoms with E-state index in [1.54, 1.807) is 7.11 Å². The first-order valence-corrected chi connectivity index (χ1v) is 8.74. The Morgan fingerprint density at radius 1 is 0.963 bits per heavy atom. The summed E-state index contributed by atoms with van der Waals surface area (Å²) in [6.45, 7) is 2.08. The minimum absolute atomic E-state index is 0.121. The average Bonchev–Trinajstić information content (AvgIpc) is 3.04. The van der Waals surface area contributed by atoms with Crippen molar-refractivity contribution in [3.63, 3.8) is 0 Å². The van der Waals surface area contributed by atoms with Gasteiger partial charge in [-0.15, -0.1) is 0 Å². The van der Waals surface area contributed by atoms with Crippen molar-refractivity contribution in [3.8, 4) is 5.75 Å². The van der Waals surface area contributed by atoms with Gasteiger partial charge in [0.05, 0.1) is 19.3 Å². The molecular formula is C22H20N2O3. The summed E-state index contributed by atoms with van der Waals surface area (Å²) in [7, 11) is 1.61. The van der Waals surface area contributed by atoms with E-state index >= 15 is 0 Å². The minimum atomic E-state index is -0.129. The Labute approximate surface area is 156 Å². The Balaban J connectivity index is 1.57. The van der Waals surface area contributed by atoms with Gasteiger partial charge in [-0.2, -0.15) is 0 Å². The van der Waals surface area contributed by atoms with Gasteiger partial charge in [0, 0.05) is 22.5 Å². The number of hydrogen-bond acceptors (Lipinski definition) is 4. The maximum atomic E-state index is 12.3. The third-order valence-electron chi connectivity index (χ3n) is 4.56. The van der Waals surface area contributed by atoms with Crippen molar-refractivity contribution in [1.82, 2.24) is 0 Å². The molecule has 0 saturated heterocycles. The lowest BCUT2D eigenvalue weighted by Crippen LogP contribution is -2.22. The molecule has 0 atom stereocenters. The van der Waals surface area contributed by atoms with Crippen LogP contribution >= 0.6 is 0 Å². The van der Waals surface area contributed by atoms with Gasteiger partial charge in [-0.1, -0.05) is 36.4 Å². The van der Waals surface area contributed by atoms with E-state index in [9.17, 15) is 4.79 Å². The third-order valence-corrected chi connectivity index (χ3v) is 4.56. The van der Waals surface area contributed by atoms with E-state index in [-0.39, 0.29) is 12.5 Å². The molecule has 0 radical (unpaired) electrons. The Hall–Kier alpha value is -3.47. The Bertz CT molecular complexity index is 1130. The summed E-state index contributed by atoms with van der Waals surface area (Å²) in [6.07, 6.45) is 0. The van der Waals surface area contributed by atoms with Crippen molar-refractivity contribution in [1.29, 1.82) is 0 Å². The van der Waals surface area contributed by atoms with E-state index < -0.39 is 0 Å². The lowest BCUT2D eigenvalue weighted by atomic mass is 10.1. The molecule has 3 aromatic carbocycles. The third kappa shape index (κ3) is 3.31. The summed E-state index contributed by atoms with van der Waals surface area (Å²) in [6, 6.07) is 19.4. The fourth-order valence-electron chi connectivity index (χ4n) is 3.14. The number of carbonyl (C=O) groups is 1. The summed E-state index contributed by atoms with van der Waals surface area (Å²) < 4.78 is 11.4. The molecule has 1 amide bonds. The summed E-state index contributed by atoms with van der Waals surface area (Å²) in [5.74, 6) is 0.536. The van der Waals surface area contributed by atoms with Gasteiger partial charge >= 0.3 is 0 Å². The molecule has 1 heterocycles. The van der Waals surface area contributed by atoms with Crippen LogP contribution in [0.15, 0.2) is 65.1 Å². The number of furan rings is 1. The number of para-hydroxylation sites is 2. The molecule has 27 heavy (non-hydrogen) atoms. The van der Waals surface area contributed by atoms with Crippen molar-refractivity contribution in [2.24, 2.45) is 0 Å². The summed E-state index contributed by atoms with van der Waals surface area (Å²) in [5, 5.41) is 8.07. The van der Waals surface area contributed by atoms with E-state index in [2.05, 4.69) is 10.6 Å². The van der Waals surface area contributed by atoms with E-state index in [1.165, 1.54) is 0 Å². The van der Waals surface area contributed by atoms with Crippen molar-refractivity contribution < 1.29 is 13.9 Å². The number of ether oxygens (including phenoxy) is 1. The molecule has 5 nitrogen and oxygen atoms in total. The van der Waals surface area contributed by atoms with Crippen LogP contribution in [0.25, 0.3) is 21.9 Å². The van der Waals surface area contributed by atoms with Crippen LogP contribution in [0, 0.1) is 6.92 Å². The van der Waals surface area contributed by atoms with Crippen LogP contribution < -0.4 is 15.4 Å². The molecule has 4 aromatic rings. The Morgan fingerprint density at radius 2 is 1.74 bits per heavy atom. The average molecular weight is 360 g/mol. The van der Waals surface area contributed by atoms with Crippen molar-refractivity contribution >= 4 is 39.2 Å². The van der Waals surface area contributed by atoms with Crippen LogP contribution in [0.5, 0.6) is 5.75 Å². The minimum Gasteiger partial charge on any atom is -0.495 e. The molecule has 0 aliphatic rings. The van der Waals surface area contributed by atoms with Crippen LogP contribution in [0.3, 0.4) is 0 Å². The van der Waals surface area contributed by atoms with Crippen LogP contribution in [-0.2, 0) is 4.79 Å². The van der Waals surface area contributed by atoms with Gasteiger partial charge in [-0.05, 0) is 30.7 Å². The number of rotatable bonds is 5. The molecule has 0 aliphatic carbocycles. The molecule has 2 N–H and O–H groups in total. The number of benzene rings is 3.